The van der Waals surface area contributed by atoms with Crippen molar-refractivity contribution >= 4 is 43.3 Å². The summed E-state index contributed by atoms with van der Waals surface area (Å²) in [6, 6.07) is 7.82. The molecule has 0 N–H and O–H groups in total. The van der Waals surface area contributed by atoms with Crippen LogP contribution in [-0.4, -0.2) is 43.9 Å². The Balaban J connectivity index is 1.91. The van der Waals surface area contributed by atoms with Crippen LogP contribution in [0.2, 0.25) is 5.02 Å². The molecule has 6 nitrogen and oxygen atoms in total. The normalized spacial score (nSPS) is 18.7. The molecule has 2 heterocycles. The lowest BCUT2D eigenvalue weighted by atomic mass is 10.1. The summed E-state index contributed by atoms with van der Waals surface area (Å²) >= 11 is 9.36. The number of hydrogen-bond donors (Lipinski definition) is 0. The molecule has 140 valence electrons. The van der Waals surface area contributed by atoms with E-state index in [0.29, 0.717) is 33.2 Å². The number of benzene rings is 1. The summed E-state index contributed by atoms with van der Waals surface area (Å²) in [7, 11) is -1.65. The molecule has 0 unspecified atom stereocenters. The fraction of sp³-hybridized carbons (Fsp3) is 0.353. The van der Waals surface area contributed by atoms with Crippen LogP contribution in [0.25, 0.3) is 0 Å². The van der Waals surface area contributed by atoms with Gasteiger partial charge in [-0.1, -0.05) is 11.6 Å². The number of furan rings is 1. The minimum absolute atomic E-state index is 0.0511. The van der Waals surface area contributed by atoms with Gasteiger partial charge in [0.1, 0.15) is 11.5 Å². The Morgan fingerprint density at radius 3 is 2.69 bits per heavy atom. The van der Waals surface area contributed by atoms with E-state index in [2.05, 4.69) is 15.9 Å². The topological polar surface area (TPSA) is 76.8 Å². The molecule has 1 aliphatic rings. The second kappa shape index (κ2) is 7.62. The summed E-state index contributed by atoms with van der Waals surface area (Å²) in [5.74, 6) is 0.753. The van der Waals surface area contributed by atoms with Gasteiger partial charge in [0.05, 0.1) is 30.2 Å². The Bertz CT molecular complexity index is 927. The van der Waals surface area contributed by atoms with Crippen LogP contribution >= 0.6 is 27.5 Å². The lowest BCUT2D eigenvalue weighted by molar-refractivity contribution is 0.0665. The first kappa shape index (κ1) is 19.3. The maximum absolute atomic E-state index is 13.1. The van der Waals surface area contributed by atoms with Gasteiger partial charge in [-0.3, -0.25) is 4.79 Å². The van der Waals surface area contributed by atoms with Crippen LogP contribution in [0.1, 0.15) is 22.5 Å². The number of halogens is 2. The van der Waals surface area contributed by atoms with Crippen molar-refractivity contribution in [2.24, 2.45) is 0 Å². The van der Waals surface area contributed by atoms with Gasteiger partial charge in [-0.15, -0.1) is 0 Å². The van der Waals surface area contributed by atoms with Crippen molar-refractivity contribution in [3.63, 3.8) is 0 Å². The van der Waals surface area contributed by atoms with Gasteiger partial charge in [-0.05, 0) is 52.7 Å². The number of nitrogens with zero attached hydrogens (tertiary/aromatic N) is 1. The molecule has 26 heavy (non-hydrogen) atoms. The molecule has 1 atom stereocenters. The van der Waals surface area contributed by atoms with E-state index in [0.717, 1.165) is 0 Å². The number of carbonyl (C=O) groups is 1. The third-order valence-corrected chi connectivity index (χ3v) is 6.74. The van der Waals surface area contributed by atoms with Crippen molar-refractivity contribution in [2.75, 3.05) is 18.6 Å². The highest BCUT2D eigenvalue weighted by atomic mass is 79.9. The largest absolute Gasteiger partial charge is 0.495 e. The van der Waals surface area contributed by atoms with E-state index in [4.69, 9.17) is 20.8 Å². The van der Waals surface area contributed by atoms with Crippen molar-refractivity contribution in [2.45, 2.75) is 19.0 Å². The van der Waals surface area contributed by atoms with Gasteiger partial charge in [-0.2, -0.15) is 0 Å². The highest BCUT2D eigenvalue weighted by Gasteiger charge is 2.35. The monoisotopic (exact) mass is 461 g/mol. The van der Waals surface area contributed by atoms with Crippen molar-refractivity contribution in [3.05, 3.63) is 51.3 Å². The van der Waals surface area contributed by atoms with Gasteiger partial charge in [0.25, 0.3) is 5.91 Å². The van der Waals surface area contributed by atoms with Crippen LogP contribution in [-0.2, 0) is 16.4 Å². The molecule has 0 bridgehead atoms. The van der Waals surface area contributed by atoms with E-state index < -0.39 is 15.9 Å². The smallest absolute Gasteiger partial charge is 0.254 e. The van der Waals surface area contributed by atoms with Crippen LogP contribution in [0.3, 0.4) is 0 Å². The lowest BCUT2D eigenvalue weighted by Crippen LogP contribution is -2.40. The van der Waals surface area contributed by atoms with Crippen LogP contribution < -0.4 is 4.74 Å². The fourth-order valence-corrected chi connectivity index (χ4v) is 5.29. The minimum atomic E-state index is -3.14. The first-order valence-corrected chi connectivity index (χ1v) is 10.9. The first-order valence-electron chi connectivity index (χ1n) is 7.88. The molecule has 2 aromatic rings. The molecule has 9 heteroatoms. The molecule has 0 saturated carbocycles. The highest BCUT2D eigenvalue weighted by Crippen LogP contribution is 2.28. The summed E-state index contributed by atoms with van der Waals surface area (Å²) in [4.78, 5) is 14.6. The Kier molecular flexibility index (Phi) is 5.64. The Morgan fingerprint density at radius 2 is 2.15 bits per heavy atom. The average Bonchev–Trinajstić information content (AvgIpc) is 3.16. The molecule has 1 aliphatic heterocycles. The molecule has 0 spiro atoms. The zero-order valence-corrected chi connectivity index (χ0v) is 17.1. The molecule has 3 rings (SSSR count). The van der Waals surface area contributed by atoms with Crippen LogP contribution in [0.4, 0.5) is 0 Å². The molecule has 1 amide bonds. The van der Waals surface area contributed by atoms with Crippen molar-refractivity contribution < 1.29 is 22.4 Å². The Morgan fingerprint density at radius 1 is 1.38 bits per heavy atom. The summed E-state index contributed by atoms with van der Waals surface area (Å²) in [5.41, 5.74) is 0.366. The number of hydrogen-bond acceptors (Lipinski definition) is 5. The third-order valence-electron chi connectivity index (χ3n) is 4.26. The van der Waals surface area contributed by atoms with E-state index in [9.17, 15) is 13.2 Å². The predicted molar refractivity (Wildman–Crippen MR) is 101 cm³/mol. The maximum Gasteiger partial charge on any atom is 0.254 e. The van der Waals surface area contributed by atoms with Gasteiger partial charge in [0.15, 0.2) is 14.5 Å². The number of rotatable bonds is 5. The van der Waals surface area contributed by atoms with E-state index in [1.54, 1.807) is 24.3 Å². The number of amides is 1. The zero-order chi connectivity index (χ0) is 18.9. The maximum atomic E-state index is 13.1. The third kappa shape index (κ3) is 4.24. The number of carbonyl (C=O) groups excluding carboxylic acids is 1. The van der Waals surface area contributed by atoms with E-state index in [1.807, 2.05) is 0 Å². The molecular formula is C17H17BrClNO5S. The quantitative estimate of drug-likeness (QED) is 0.679. The molecular weight excluding hydrogens is 446 g/mol. The molecule has 1 saturated heterocycles. The Labute approximate surface area is 165 Å². The number of ether oxygens (including phenoxy) is 1. The van der Waals surface area contributed by atoms with Crippen LogP contribution in [0, 0.1) is 0 Å². The lowest BCUT2D eigenvalue weighted by Gasteiger charge is -2.27. The minimum Gasteiger partial charge on any atom is -0.495 e. The van der Waals surface area contributed by atoms with Gasteiger partial charge in [0.2, 0.25) is 0 Å². The summed E-state index contributed by atoms with van der Waals surface area (Å²) in [6.07, 6.45) is 0.403. The highest BCUT2D eigenvalue weighted by molar-refractivity contribution is 9.10. The first-order chi connectivity index (χ1) is 12.3. The number of sulfone groups is 1. The molecule has 0 aliphatic carbocycles. The zero-order valence-electron chi connectivity index (χ0n) is 13.9. The van der Waals surface area contributed by atoms with Gasteiger partial charge >= 0.3 is 0 Å². The molecule has 1 aromatic carbocycles. The molecule has 0 radical (unpaired) electrons. The summed E-state index contributed by atoms with van der Waals surface area (Å²) in [5, 5.41) is 0.318. The van der Waals surface area contributed by atoms with Gasteiger partial charge < -0.3 is 14.1 Å². The SMILES string of the molecule is COc1ccc(C(=O)N(Cc2ccc(Br)o2)[C@H]2CCS(=O)(=O)C2)cc1Cl. The van der Waals surface area contributed by atoms with Crippen LogP contribution in [0.5, 0.6) is 5.75 Å². The van der Waals surface area contributed by atoms with Crippen LogP contribution in [0.15, 0.2) is 39.4 Å². The van der Waals surface area contributed by atoms with Crippen molar-refractivity contribution in [1.29, 1.82) is 0 Å². The second-order valence-electron chi connectivity index (χ2n) is 6.05. The van der Waals surface area contributed by atoms with Crippen molar-refractivity contribution in [1.82, 2.24) is 4.90 Å². The average molecular weight is 463 g/mol. The number of methoxy groups -OCH3 is 1. The van der Waals surface area contributed by atoms with Gasteiger partial charge in [0, 0.05) is 11.6 Å². The summed E-state index contributed by atoms with van der Waals surface area (Å²) in [6.45, 7) is 0.175. The van der Waals surface area contributed by atoms with E-state index >= 15 is 0 Å². The van der Waals surface area contributed by atoms with E-state index in [-0.39, 0.29) is 24.0 Å². The van der Waals surface area contributed by atoms with E-state index in [1.165, 1.54) is 18.1 Å². The Hall–Kier alpha value is -1.51. The van der Waals surface area contributed by atoms with Crippen molar-refractivity contribution in [3.8, 4) is 5.75 Å². The predicted octanol–water partition coefficient (Wildman–Crippen LogP) is 3.53. The summed E-state index contributed by atoms with van der Waals surface area (Å²) < 4.78 is 34.9. The van der Waals surface area contributed by atoms with Gasteiger partial charge in [-0.25, -0.2) is 8.42 Å². The fourth-order valence-electron chi connectivity index (χ4n) is 2.96. The second-order valence-corrected chi connectivity index (χ2v) is 9.46. The molecule has 1 fully saturated rings. The molecule has 1 aromatic heterocycles. The standard InChI is InChI=1S/C17H17BrClNO5S/c1-24-15-4-2-11(8-14(15)19)17(21)20(9-13-3-5-16(18)25-13)12-6-7-26(22,23)10-12/h2-5,8,12H,6-7,9-10H2,1H3/t12-/m0/s1.